The van der Waals surface area contributed by atoms with Gasteiger partial charge in [0.05, 0.1) is 0 Å². The van der Waals surface area contributed by atoms with E-state index in [2.05, 4.69) is 35.4 Å². The summed E-state index contributed by atoms with van der Waals surface area (Å²) < 4.78 is 0. The second-order valence-electron chi connectivity index (χ2n) is 7.92. The Morgan fingerprint density at radius 3 is 2.56 bits per heavy atom. The Labute approximate surface area is 159 Å². The first-order valence-corrected chi connectivity index (χ1v) is 9.67. The van der Waals surface area contributed by atoms with Gasteiger partial charge in [-0.25, -0.2) is 0 Å². The first kappa shape index (κ1) is 18.1. The number of benzene rings is 1. The monoisotopic (exact) mass is 370 g/mol. The van der Waals surface area contributed by atoms with Crippen LogP contribution in [0.5, 0.6) is 0 Å². The van der Waals surface area contributed by atoms with Crippen molar-refractivity contribution in [2.45, 2.75) is 57.9 Å². The van der Waals surface area contributed by atoms with Gasteiger partial charge < -0.3 is 10.2 Å². The summed E-state index contributed by atoms with van der Waals surface area (Å²) >= 11 is 0. The number of amides is 3. The van der Waals surface area contributed by atoms with Crippen molar-refractivity contribution in [1.29, 1.82) is 0 Å². The molecule has 2 fully saturated rings. The van der Waals surface area contributed by atoms with Crippen molar-refractivity contribution in [1.82, 2.24) is 20.4 Å². The summed E-state index contributed by atoms with van der Waals surface area (Å²) in [6.07, 6.45) is 0.674. The van der Waals surface area contributed by atoms with Crippen LogP contribution >= 0.6 is 0 Å². The van der Waals surface area contributed by atoms with E-state index in [0.29, 0.717) is 30.6 Å². The number of rotatable bonds is 3. The second-order valence-corrected chi connectivity index (χ2v) is 7.92. The number of piperidine rings is 1. The van der Waals surface area contributed by atoms with Crippen molar-refractivity contribution < 1.29 is 14.4 Å². The normalized spacial score (nSPS) is 29.0. The predicted octanol–water partition coefficient (Wildman–Crippen LogP) is 0.630. The van der Waals surface area contributed by atoms with Crippen LogP contribution in [0, 0.1) is 0 Å². The molecule has 0 bridgehead atoms. The number of hydrogen-bond donors (Lipinski definition) is 2. The molecule has 1 aromatic rings. The number of piperazine rings is 1. The Hall–Kier alpha value is -2.25. The van der Waals surface area contributed by atoms with Gasteiger partial charge in [-0.05, 0) is 37.5 Å². The predicted molar refractivity (Wildman–Crippen MR) is 99.8 cm³/mol. The minimum atomic E-state index is -0.556. The minimum Gasteiger partial charge on any atom is -0.322 e. The first-order valence-electron chi connectivity index (χ1n) is 9.67. The zero-order valence-corrected chi connectivity index (χ0v) is 15.8. The van der Waals surface area contributed by atoms with Crippen LogP contribution in [0.25, 0.3) is 0 Å². The molecular weight excluding hydrogens is 344 g/mol. The van der Waals surface area contributed by atoms with Crippen molar-refractivity contribution in [2.75, 3.05) is 13.1 Å². The van der Waals surface area contributed by atoms with Gasteiger partial charge in [-0.2, -0.15) is 0 Å². The van der Waals surface area contributed by atoms with Gasteiger partial charge in [-0.15, -0.1) is 0 Å². The van der Waals surface area contributed by atoms with Crippen molar-refractivity contribution in [3.05, 3.63) is 34.9 Å². The molecule has 144 valence electrons. The summed E-state index contributed by atoms with van der Waals surface area (Å²) in [6, 6.07) is 6.37. The van der Waals surface area contributed by atoms with E-state index in [9.17, 15) is 14.4 Å². The Balaban J connectivity index is 1.51. The van der Waals surface area contributed by atoms with E-state index in [1.54, 1.807) is 4.90 Å². The lowest BCUT2D eigenvalue weighted by Crippen LogP contribution is -2.54. The third-order valence-electron chi connectivity index (χ3n) is 5.96. The Morgan fingerprint density at radius 1 is 1.11 bits per heavy atom. The van der Waals surface area contributed by atoms with Crippen LogP contribution in [0.15, 0.2) is 18.2 Å². The fourth-order valence-electron chi connectivity index (χ4n) is 4.42. The van der Waals surface area contributed by atoms with Crippen LogP contribution in [-0.2, 0) is 22.7 Å². The highest BCUT2D eigenvalue weighted by Crippen LogP contribution is 2.29. The van der Waals surface area contributed by atoms with E-state index in [1.807, 2.05) is 12.1 Å². The van der Waals surface area contributed by atoms with E-state index in [0.717, 1.165) is 25.2 Å². The molecule has 1 aromatic carbocycles. The summed E-state index contributed by atoms with van der Waals surface area (Å²) in [5.41, 5.74) is 2.83. The van der Waals surface area contributed by atoms with Crippen molar-refractivity contribution in [2.24, 2.45) is 0 Å². The Bertz CT molecular complexity index is 783. The fraction of sp³-hybridized carbons (Fsp3) is 0.550. The molecule has 4 rings (SSSR count). The molecule has 0 radical (unpaired) electrons. The van der Waals surface area contributed by atoms with Gasteiger partial charge >= 0.3 is 0 Å². The summed E-state index contributed by atoms with van der Waals surface area (Å²) in [7, 11) is 0. The number of carbonyl (C=O) groups excluding carboxylic acids is 3. The molecule has 2 N–H and O–H groups in total. The number of nitrogens with one attached hydrogen (secondary N) is 2. The number of imide groups is 1. The van der Waals surface area contributed by atoms with Gasteiger partial charge in [0, 0.05) is 50.2 Å². The smallest absolute Gasteiger partial charge is 0.255 e. The maximum absolute atomic E-state index is 12.8. The minimum absolute atomic E-state index is 0.116. The van der Waals surface area contributed by atoms with Gasteiger partial charge in [-0.3, -0.25) is 24.6 Å². The number of carbonyl (C=O) groups is 3. The van der Waals surface area contributed by atoms with Crippen LogP contribution in [0.3, 0.4) is 0 Å². The maximum Gasteiger partial charge on any atom is 0.255 e. The van der Waals surface area contributed by atoms with E-state index in [4.69, 9.17) is 0 Å². The Kier molecular flexibility index (Phi) is 4.74. The number of nitrogens with zero attached hydrogens (tertiary/aromatic N) is 2. The van der Waals surface area contributed by atoms with Crippen molar-refractivity contribution in [3.8, 4) is 0 Å². The third kappa shape index (κ3) is 3.37. The number of fused-ring (bicyclic) bond motifs is 1. The molecule has 0 aromatic heterocycles. The number of hydrogen-bond acceptors (Lipinski definition) is 5. The molecule has 3 unspecified atom stereocenters. The topological polar surface area (TPSA) is 81.8 Å². The van der Waals surface area contributed by atoms with Gasteiger partial charge in [0.1, 0.15) is 6.04 Å². The van der Waals surface area contributed by atoms with E-state index in [-0.39, 0.29) is 24.1 Å². The van der Waals surface area contributed by atoms with Crippen LogP contribution < -0.4 is 10.6 Å². The van der Waals surface area contributed by atoms with Gasteiger partial charge in [0.25, 0.3) is 5.91 Å². The largest absolute Gasteiger partial charge is 0.322 e. The lowest BCUT2D eigenvalue weighted by molar-refractivity contribution is -0.136. The maximum atomic E-state index is 12.8. The van der Waals surface area contributed by atoms with Gasteiger partial charge in [0.2, 0.25) is 11.8 Å². The van der Waals surface area contributed by atoms with Crippen LogP contribution in [-0.4, -0.2) is 58.7 Å². The molecule has 0 saturated carbocycles. The molecule has 7 nitrogen and oxygen atoms in total. The first-order chi connectivity index (χ1) is 12.9. The molecular formula is C20H26N4O3. The van der Waals surface area contributed by atoms with E-state index in [1.165, 1.54) is 5.56 Å². The molecule has 3 atom stereocenters. The van der Waals surface area contributed by atoms with Crippen LogP contribution in [0.4, 0.5) is 0 Å². The van der Waals surface area contributed by atoms with E-state index < -0.39 is 6.04 Å². The van der Waals surface area contributed by atoms with Gasteiger partial charge in [-0.1, -0.05) is 12.1 Å². The Morgan fingerprint density at radius 2 is 1.85 bits per heavy atom. The quantitative estimate of drug-likeness (QED) is 0.763. The highest BCUT2D eigenvalue weighted by atomic mass is 16.2. The zero-order chi connectivity index (χ0) is 19.1. The van der Waals surface area contributed by atoms with Crippen LogP contribution in [0.2, 0.25) is 0 Å². The summed E-state index contributed by atoms with van der Waals surface area (Å²) in [5.74, 6) is -0.743. The molecule has 7 heteroatoms. The fourth-order valence-corrected chi connectivity index (χ4v) is 4.42. The lowest BCUT2D eigenvalue weighted by Gasteiger charge is -2.39. The molecule has 3 heterocycles. The van der Waals surface area contributed by atoms with Crippen molar-refractivity contribution >= 4 is 17.7 Å². The zero-order valence-electron chi connectivity index (χ0n) is 15.8. The summed E-state index contributed by atoms with van der Waals surface area (Å²) in [5, 5.41) is 5.79. The third-order valence-corrected chi connectivity index (χ3v) is 5.96. The standard InChI is InChI=1S/C20H26N4O3/c1-12-8-21-9-13(2)23(12)10-14-3-4-16-15(7-14)11-24(20(16)27)17-5-6-18(25)22-19(17)26/h3-4,7,12-13,17,21H,5-6,8-11H2,1-2H3,(H,22,25,26). The molecule has 0 spiro atoms. The molecule has 3 amide bonds. The van der Waals surface area contributed by atoms with Crippen molar-refractivity contribution in [3.63, 3.8) is 0 Å². The lowest BCUT2D eigenvalue weighted by atomic mass is 10.0. The van der Waals surface area contributed by atoms with Gasteiger partial charge in [0.15, 0.2) is 0 Å². The average Bonchev–Trinajstić information content (AvgIpc) is 2.94. The highest BCUT2D eigenvalue weighted by Gasteiger charge is 2.39. The second kappa shape index (κ2) is 7.05. The highest BCUT2D eigenvalue weighted by molar-refractivity contribution is 6.05. The molecule has 3 aliphatic heterocycles. The average molecular weight is 370 g/mol. The summed E-state index contributed by atoms with van der Waals surface area (Å²) in [6.45, 7) is 7.70. The summed E-state index contributed by atoms with van der Waals surface area (Å²) in [4.78, 5) is 40.4. The molecule has 2 saturated heterocycles. The SMILES string of the molecule is CC1CNCC(C)N1Cc1ccc2c(c1)CN(C1CCC(=O)NC1=O)C2=O. The van der Waals surface area contributed by atoms with E-state index >= 15 is 0 Å². The van der Waals surface area contributed by atoms with Crippen LogP contribution in [0.1, 0.15) is 48.2 Å². The molecule has 0 aliphatic carbocycles. The molecule has 3 aliphatic rings. The molecule has 27 heavy (non-hydrogen) atoms.